The van der Waals surface area contributed by atoms with Crippen LogP contribution in [0.5, 0.6) is 0 Å². The quantitative estimate of drug-likeness (QED) is 0.348. The van der Waals surface area contributed by atoms with Gasteiger partial charge in [-0.1, -0.05) is 0 Å². The molecule has 0 fully saturated rings. The summed E-state index contributed by atoms with van der Waals surface area (Å²) in [5, 5.41) is 8.47. The SMILES string of the molecule is C/C=C(\C#N)O[Si](C)(C)C. The van der Waals surface area contributed by atoms with Crippen LogP contribution in [-0.2, 0) is 4.43 Å². The fourth-order valence-electron chi connectivity index (χ4n) is 0.476. The number of hydrogen-bond donors (Lipinski definition) is 0. The minimum Gasteiger partial charge on any atom is -0.537 e. The van der Waals surface area contributed by atoms with E-state index in [1.165, 1.54) is 0 Å². The Bertz CT molecular complexity index is 173. The van der Waals surface area contributed by atoms with Gasteiger partial charge in [-0.2, -0.15) is 5.26 Å². The maximum absolute atomic E-state index is 8.47. The Hall–Kier alpha value is -0.753. The maximum Gasteiger partial charge on any atom is 0.243 e. The largest absolute Gasteiger partial charge is 0.537 e. The minimum atomic E-state index is -1.55. The molecule has 2 nitrogen and oxygen atoms in total. The molecule has 0 aromatic heterocycles. The van der Waals surface area contributed by atoms with E-state index in [2.05, 4.69) is 0 Å². The molecular formula is C7H13NOSi. The van der Waals surface area contributed by atoms with Crippen molar-refractivity contribution in [1.82, 2.24) is 0 Å². The number of hydrogen-bond acceptors (Lipinski definition) is 2. The lowest BCUT2D eigenvalue weighted by atomic mass is 10.5. The molecule has 0 spiro atoms. The van der Waals surface area contributed by atoms with Crippen molar-refractivity contribution in [2.75, 3.05) is 0 Å². The highest BCUT2D eigenvalue weighted by Gasteiger charge is 2.16. The molecular weight excluding hydrogens is 142 g/mol. The average molecular weight is 155 g/mol. The summed E-state index contributed by atoms with van der Waals surface area (Å²) in [7, 11) is -1.55. The van der Waals surface area contributed by atoms with E-state index < -0.39 is 8.32 Å². The van der Waals surface area contributed by atoms with Gasteiger partial charge in [0, 0.05) is 0 Å². The number of allylic oxidation sites excluding steroid dienone is 2. The van der Waals surface area contributed by atoms with E-state index in [-0.39, 0.29) is 0 Å². The van der Waals surface area contributed by atoms with Gasteiger partial charge in [0.25, 0.3) is 0 Å². The Kier molecular flexibility index (Phi) is 3.17. The van der Waals surface area contributed by atoms with Crippen LogP contribution in [-0.4, -0.2) is 8.32 Å². The molecule has 0 aliphatic rings. The van der Waals surface area contributed by atoms with Crippen LogP contribution in [0, 0.1) is 11.3 Å². The standard InChI is InChI=1S/C7H13NOSi/c1-5-7(6-8)9-10(2,3)4/h5H,1-4H3/b7-5+. The fraction of sp³-hybridized carbons (Fsp3) is 0.571. The van der Waals surface area contributed by atoms with Crippen LogP contribution in [0.15, 0.2) is 11.8 Å². The molecule has 0 rings (SSSR count). The molecule has 3 heteroatoms. The third-order valence-electron chi connectivity index (χ3n) is 0.789. The van der Waals surface area contributed by atoms with E-state index in [1.807, 2.05) is 25.7 Å². The van der Waals surface area contributed by atoms with Gasteiger partial charge in [-0.25, -0.2) is 0 Å². The summed E-state index contributed by atoms with van der Waals surface area (Å²) < 4.78 is 5.38. The molecule has 0 radical (unpaired) electrons. The first kappa shape index (κ1) is 9.25. The van der Waals surface area contributed by atoms with Crippen LogP contribution in [0.4, 0.5) is 0 Å². The third kappa shape index (κ3) is 4.16. The highest BCUT2D eigenvalue weighted by molar-refractivity contribution is 6.70. The van der Waals surface area contributed by atoms with E-state index >= 15 is 0 Å². The van der Waals surface area contributed by atoms with Crippen molar-refractivity contribution in [3.05, 3.63) is 11.8 Å². The van der Waals surface area contributed by atoms with Crippen LogP contribution in [0.1, 0.15) is 6.92 Å². The summed E-state index contributed by atoms with van der Waals surface area (Å²) in [6.07, 6.45) is 1.69. The topological polar surface area (TPSA) is 33.0 Å². The van der Waals surface area contributed by atoms with Crippen LogP contribution < -0.4 is 0 Å². The molecule has 0 N–H and O–H groups in total. The summed E-state index contributed by atoms with van der Waals surface area (Å²) in [6, 6.07) is 1.98. The minimum absolute atomic E-state index is 0.444. The molecule has 0 atom stereocenters. The van der Waals surface area contributed by atoms with Gasteiger partial charge in [0.15, 0.2) is 5.76 Å². The summed E-state index contributed by atoms with van der Waals surface area (Å²) >= 11 is 0. The Labute approximate surface area is 63.2 Å². The summed E-state index contributed by atoms with van der Waals surface area (Å²) in [5.74, 6) is 0.444. The molecule has 0 heterocycles. The molecule has 10 heavy (non-hydrogen) atoms. The zero-order chi connectivity index (χ0) is 8.20. The van der Waals surface area contributed by atoms with Crippen LogP contribution >= 0.6 is 0 Å². The van der Waals surface area contributed by atoms with E-state index in [0.29, 0.717) is 5.76 Å². The van der Waals surface area contributed by atoms with Gasteiger partial charge in [0.05, 0.1) is 0 Å². The van der Waals surface area contributed by atoms with Crippen molar-refractivity contribution < 1.29 is 4.43 Å². The van der Waals surface area contributed by atoms with Crippen LogP contribution in [0.3, 0.4) is 0 Å². The lowest BCUT2D eigenvalue weighted by Gasteiger charge is -2.17. The average Bonchev–Trinajstić information content (AvgIpc) is 1.81. The van der Waals surface area contributed by atoms with Crippen molar-refractivity contribution in [2.45, 2.75) is 26.6 Å². The summed E-state index contributed by atoms with van der Waals surface area (Å²) in [6.45, 7) is 7.95. The molecule has 56 valence electrons. The summed E-state index contributed by atoms with van der Waals surface area (Å²) in [5.41, 5.74) is 0. The fourth-order valence-corrected chi connectivity index (χ4v) is 1.30. The first-order valence-corrected chi connectivity index (χ1v) is 6.66. The van der Waals surface area contributed by atoms with E-state index in [9.17, 15) is 0 Å². The van der Waals surface area contributed by atoms with Crippen molar-refractivity contribution in [3.63, 3.8) is 0 Å². The monoisotopic (exact) mass is 155 g/mol. The van der Waals surface area contributed by atoms with E-state index in [4.69, 9.17) is 9.69 Å². The summed E-state index contributed by atoms with van der Waals surface area (Å²) in [4.78, 5) is 0. The maximum atomic E-state index is 8.47. The van der Waals surface area contributed by atoms with Crippen LogP contribution in [0.25, 0.3) is 0 Å². The van der Waals surface area contributed by atoms with Crippen LogP contribution in [0.2, 0.25) is 19.6 Å². The second-order valence-electron chi connectivity index (χ2n) is 2.98. The van der Waals surface area contributed by atoms with Crippen molar-refractivity contribution in [3.8, 4) is 6.07 Å². The molecule has 0 saturated carbocycles. The Morgan fingerprint density at radius 2 is 2.00 bits per heavy atom. The van der Waals surface area contributed by atoms with Crippen molar-refractivity contribution >= 4 is 8.32 Å². The number of nitrogens with zero attached hydrogens (tertiary/aromatic N) is 1. The predicted molar refractivity (Wildman–Crippen MR) is 43.8 cm³/mol. The zero-order valence-corrected chi connectivity index (χ0v) is 7.93. The molecule has 0 aliphatic heterocycles. The molecule has 0 aliphatic carbocycles. The smallest absolute Gasteiger partial charge is 0.243 e. The third-order valence-corrected chi connectivity index (χ3v) is 1.62. The Morgan fingerprint density at radius 3 is 2.10 bits per heavy atom. The van der Waals surface area contributed by atoms with Crippen molar-refractivity contribution in [1.29, 1.82) is 5.26 Å². The number of nitriles is 1. The van der Waals surface area contributed by atoms with Gasteiger partial charge >= 0.3 is 0 Å². The predicted octanol–water partition coefficient (Wildman–Crippen LogP) is 2.27. The lowest BCUT2D eigenvalue weighted by molar-refractivity contribution is 0.444. The van der Waals surface area contributed by atoms with Gasteiger partial charge in [0.2, 0.25) is 8.32 Å². The van der Waals surface area contributed by atoms with Crippen molar-refractivity contribution in [2.24, 2.45) is 0 Å². The second-order valence-corrected chi connectivity index (χ2v) is 7.41. The highest BCUT2D eigenvalue weighted by Crippen LogP contribution is 2.08. The molecule has 0 bridgehead atoms. The Morgan fingerprint density at radius 1 is 1.50 bits per heavy atom. The molecule has 0 aromatic carbocycles. The van der Waals surface area contributed by atoms with Gasteiger partial charge in [0.1, 0.15) is 6.07 Å². The molecule has 0 amide bonds. The van der Waals surface area contributed by atoms with Gasteiger partial charge in [-0.05, 0) is 32.6 Å². The van der Waals surface area contributed by atoms with E-state index in [0.717, 1.165) is 0 Å². The lowest BCUT2D eigenvalue weighted by Crippen LogP contribution is -2.24. The highest BCUT2D eigenvalue weighted by atomic mass is 28.4. The normalized spacial score (nSPS) is 12.5. The zero-order valence-electron chi connectivity index (χ0n) is 6.93. The van der Waals surface area contributed by atoms with Gasteiger partial charge in [-0.3, -0.25) is 0 Å². The first-order valence-electron chi connectivity index (χ1n) is 3.25. The molecule has 0 saturated heterocycles. The molecule has 0 unspecified atom stereocenters. The van der Waals surface area contributed by atoms with E-state index in [1.54, 1.807) is 13.0 Å². The second kappa shape index (κ2) is 3.42. The first-order chi connectivity index (χ1) is 4.49. The number of rotatable bonds is 2. The van der Waals surface area contributed by atoms with Gasteiger partial charge < -0.3 is 4.43 Å². The van der Waals surface area contributed by atoms with Gasteiger partial charge in [-0.15, -0.1) is 0 Å². The Balaban J connectivity index is 4.05. The molecule has 0 aromatic rings.